The van der Waals surface area contributed by atoms with Gasteiger partial charge in [0.25, 0.3) is 0 Å². The summed E-state index contributed by atoms with van der Waals surface area (Å²) >= 11 is 0. The minimum absolute atomic E-state index is 0.131. The number of fused-ring (bicyclic) bond motifs is 1. The van der Waals surface area contributed by atoms with Crippen molar-refractivity contribution in [3.63, 3.8) is 0 Å². The van der Waals surface area contributed by atoms with Crippen LogP contribution >= 0.6 is 0 Å². The van der Waals surface area contributed by atoms with Crippen molar-refractivity contribution >= 4 is 5.97 Å². The topological polar surface area (TPSA) is 35.5 Å². The second-order valence-electron chi connectivity index (χ2n) is 3.98. The van der Waals surface area contributed by atoms with Crippen LogP contribution in [0, 0.1) is 0 Å². The molecule has 0 bridgehead atoms. The van der Waals surface area contributed by atoms with Crippen LogP contribution in [0.15, 0.2) is 24.3 Å². The molecule has 0 aliphatic carbocycles. The number of carbonyl (C=O) groups excluding carboxylic acids is 1. The van der Waals surface area contributed by atoms with E-state index in [4.69, 9.17) is 9.47 Å². The zero-order valence-corrected chi connectivity index (χ0v) is 9.60. The molecule has 0 spiro atoms. The Labute approximate surface area is 95.4 Å². The third kappa shape index (κ3) is 1.83. The van der Waals surface area contributed by atoms with Crippen molar-refractivity contribution < 1.29 is 14.3 Å². The number of rotatable bonds is 3. The first-order valence-electron chi connectivity index (χ1n) is 5.60. The molecule has 1 aliphatic rings. The highest BCUT2D eigenvalue weighted by Gasteiger charge is 2.34. The van der Waals surface area contributed by atoms with E-state index < -0.39 is 0 Å². The molecule has 16 heavy (non-hydrogen) atoms. The van der Waals surface area contributed by atoms with Crippen molar-refractivity contribution in [3.05, 3.63) is 35.4 Å². The van der Waals surface area contributed by atoms with Gasteiger partial charge in [-0.1, -0.05) is 31.5 Å². The van der Waals surface area contributed by atoms with Crippen molar-refractivity contribution in [3.8, 4) is 0 Å². The Morgan fingerprint density at radius 3 is 2.81 bits per heavy atom. The van der Waals surface area contributed by atoms with Crippen LogP contribution in [0.2, 0.25) is 0 Å². The molecule has 2 atom stereocenters. The van der Waals surface area contributed by atoms with Gasteiger partial charge in [-0.2, -0.15) is 0 Å². The number of carbonyl (C=O) groups is 1. The smallest absolute Gasteiger partial charge is 0.338 e. The number of methoxy groups -OCH3 is 1. The van der Waals surface area contributed by atoms with Crippen LogP contribution in [0.25, 0.3) is 0 Å². The van der Waals surface area contributed by atoms with E-state index in [1.165, 1.54) is 0 Å². The van der Waals surface area contributed by atoms with E-state index in [9.17, 15) is 4.79 Å². The predicted molar refractivity (Wildman–Crippen MR) is 60.3 cm³/mol. The van der Waals surface area contributed by atoms with Gasteiger partial charge in [-0.3, -0.25) is 0 Å². The first-order chi connectivity index (χ1) is 7.77. The molecule has 0 N–H and O–H groups in total. The Morgan fingerprint density at radius 2 is 2.12 bits per heavy atom. The van der Waals surface area contributed by atoms with Crippen LogP contribution in [0.1, 0.15) is 41.8 Å². The van der Waals surface area contributed by atoms with Gasteiger partial charge in [0.15, 0.2) is 0 Å². The van der Waals surface area contributed by atoms with Crippen molar-refractivity contribution in [2.75, 3.05) is 7.11 Å². The van der Waals surface area contributed by atoms with Gasteiger partial charge in [-0.05, 0) is 18.1 Å². The van der Waals surface area contributed by atoms with E-state index >= 15 is 0 Å². The second kappa shape index (κ2) is 4.66. The summed E-state index contributed by atoms with van der Waals surface area (Å²) in [6, 6.07) is 7.48. The highest BCUT2D eigenvalue weighted by Crippen LogP contribution is 2.33. The Bertz CT molecular complexity index is 387. The number of esters is 1. The molecule has 1 aromatic carbocycles. The molecule has 1 heterocycles. The summed E-state index contributed by atoms with van der Waals surface area (Å²) in [7, 11) is 1.66. The normalized spacial score (nSPS) is 23.8. The fraction of sp³-hybridized carbons (Fsp3) is 0.462. The summed E-state index contributed by atoms with van der Waals surface area (Å²) in [5.74, 6) is -0.234. The van der Waals surface area contributed by atoms with Crippen LogP contribution in [0.3, 0.4) is 0 Å². The molecule has 0 saturated carbocycles. The lowest BCUT2D eigenvalue weighted by atomic mass is 9.93. The van der Waals surface area contributed by atoms with Gasteiger partial charge in [0.2, 0.25) is 0 Å². The quantitative estimate of drug-likeness (QED) is 0.735. The highest BCUT2D eigenvalue weighted by molar-refractivity contribution is 5.92. The number of ether oxygens (including phenoxy) is 2. The average molecular weight is 220 g/mol. The van der Waals surface area contributed by atoms with E-state index in [1.54, 1.807) is 13.2 Å². The van der Waals surface area contributed by atoms with Gasteiger partial charge in [-0.15, -0.1) is 0 Å². The summed E-state index contributed by atoms with van der Waals surface area (Å²) in [6.45, 7) is 2.07. The average Bonchev–Trinajstić information content (AvgIpc) is 2.30. The van der Waals surface area contributed by atoms with E-state index in [0.29, 0.717) is 5.56 Å². The zero-order chi connectivity index (χ0) is 11.5. The van der Waals surface area contributed by atoms with Gasteiger partial charge >= 0.3 is 5.97 Å². The molecule has 86 valence electrons. The molecule has 0 amide bonds. The Hall–Kier alpha value is -1.35. The summed E-state index contributed by atoms with van der Waals surface area (Å²) in [5, 5.41) is 0. The van der Waals surface area contributed by atoms with E-state index in [-0.39, 0.29) is 18.2 Å². The maximum atomic E-state index is 11.8. The van der Waals surface area contributed by atoms with E-state index in [1.807, 2.05) is 18.2 Å². The molecule has 0 saturated heterocycles. The maximum Gasteiger partial charge on any atom is 0.338 e. The lowest BCUT2D eigenvalue weighted by Gasteiger charge is -2.31. The molecular formula is C13H16O3. The monoisotopic (exact) mass is 220 g/mol. The number of benzene rings is 1. The lowest BCUT2D eigenvalue weighted by Crippen LogP contribution is -2.33. The van der Waals surface area contributed by atoms with E-state index in [2.05, 4.69) is 6.92 Å². The van der Waals surface area contributed by atoms with Crippen LogP contribution in [0.4, 0.5) is 0 Å². The van der Waals surface area contributed by atoms with Crippen LogP contribution in [0.5, 0.6) is 0 Å². The Kier molecular flexibility index (Phi) is 3.25. The molecule has 0 radical (unpaired) electrons. The van der Waals surface area contributed by atoms with Crippen molar-refractivity contribution in [1.82, 2.24) is 0 Å². The third-order valence-corrected chi connectivity index (χ3v) is 2.91. The molecule has 1 aliphatic heterocycles. The van der Waals surface area contributed by atoms with Gasteiger partial charge in [-0.25, -0.2) is 4.79 Å². The molecule has 3 heteroatoms. The standard InChI is InChI=1S/C13H16O3/c1-3-6-11-12(15-2)9-7-4-5-8-10(9)13(14)16-11/h4-5,7-8,11-12H,3,6H2,1-2H3. The van der Waals surface area contributed by atoms with Crippen molar-refractivity contribution in [1.29, 1.82) is 0 Å². The predicted octanol–water partition coefficient (Wildman–Crippen LogP) is 2.71. The fourth-order valence-electron chi connectivity index (χ4n) is 2.17. The van der Waals surface area contributed by atoms with Gasteiger partial charge in [0.05, 0.1) is 5.56 Å². The van der Waals surface area contributed by atoms with Crippen LogP contribution in [-0.4, -0.2) is 19.2 Å². The maximum absolute atomic E-state index is 11.8. The minimum atomic E-state index is -0.234. The third-order valence-electron chi connectivity index (χ3n) is 2.91. The molecule has 2 rings (SSSR count). The fourth-order valence-corrected chi connectivity index (χ4v) is 2.17. The number of cyclic esters (lactones) is 1. The summed E-state index contributed by atoms with van der Waals surface area (Å²) < 4.78 is 10.8. The number of hydrogen-bond donors (Lipinski definition) is 0. The summed E-state index contributed by atoms with van der Waals surface area (Å²) in [4.78, 5) is 11.8. The molecule has 1 aromatic rings. The largest absolute Gasteiger partial charge is 0.456 e. The molecule has 0 aromatic heterocycles. The molecule has 3 nitrogen and oxygen atoms in total. The van der Waals surface area contributed by atoms with Crippen LogP contribution in [-0.2, 0) is 9.47 Å². The Balaban J connectivity index is 2.38. The van der Waals surface area contributed by atoms with Gasteiger partial charge in [0.1, 0.15) is 12.2 Å². The highest BCUT2D eigenvalue weighted by atomic mass is 16.6. The zero-order valence-electron chi connectivity index (χ0n) is 9.60. The van der Waals surface area contributed by atoms with Crippen molar-refractivity contribution in [2.24, 2.45) is 0 Å². The SMILES string of the molecule is CCCC1OC(=O)c2ccccc2C1OC. The summed E-state index contributed by atoms with van der Waals surface area (Å²) in [6.07, 6.45) is 1.52. The number of hydrogen-bond acceptors (Lipinski definition) is 3. The van der Waals surface area contributed by atoms with Gasteiger partial charge < -0.3 is 9.47 Å². The second-order valence-corrected chi connectivity index (χ2v) is 3.98. The summed E-state index contributed by atoms with van der Waals surface area (Å²) in [5.41, 5.74) is 1.57. The van der Waals surface area contributed by atoms with Gasteiger partial charge in [0, 0.05) is 7.11 Å². The van der Waals surface area contributed by atoms with Crippen LogP contribution < -0.4 is 0 Å². The van der Waals surface area contributed by atoms with E-state index in [0.717, 1.165) is 18.4 Å². The first-order valence-corrected chi connectivity index (χ1v) is 5.60. The minimum Gasteiger partial charge on any atom is -0.456 e. The Morgan fingerprint density at radius 1 is 1.38 bits per heavy atom. The molecular weight excluding hydrogens is 204 g/mol. The molecule has 2 unspecified atom stereocenters. The molecule has 0 fully saturated rings. The van der Waals surface area contributed by atoms with Crippen molar-refractivity contribution in [2.45, 2.75) is 32.0 Å². The lowest BCUT2D eigenvalue weighted by molar-refractivity contribution is -0.0496. The first kappa shape index (κ1) is 11.1.